The Morgan fingerprint density at radius 3 is 2.43 bits per heavy atom. The first-order chi connectivity index (χ1) is 10.8. The fourth-order valence-electron chi connectivity index (χ4n) is 2.08. The molecule has 0 aliphatic carbocycles. The normalized spacial score (nSPS) is 10.8. The summed E-state index contributed by atoms with van der Waals surface area (Å²) in [6, 6.07) is 8.01. The number of aryl methyl sites for hydroxylation is 1. The van der Waals surface area contributed by atoms with Crippen molar-refractivity contribution in [2.45, 2.75) is 44.3 Å². The minimum atomic E-state index is -0.127. The second kappa shape index (κ2) is 7.75. The number of carbonyl (C=O) groups is 2. The van der Waals surface area contributed by atoms with E-state index in [1.807, 2.05) is 24.3 Å². The van der Waals surface area contributed by atoms with Crippen LogP contribution in [0, 0.1) is 6.92 Å². The van der Waals surface area contributed by atoms with Crippen molar-refractivity contribution in [3.05, 3.63) is 40.4 Å². The quantitative estimate of drug-likeness (QED) is 0.623. The Labute approximate surface area is 144 Å². The van der Waals surface area contributed by atoms with Gasteiger partial charge in [0, 0.05) is 17.1 Å². The van der Waals surface area contributed by atoms with E-state index in [9.17, 15) is 9.59 Å². The minimum absolute atomic E-state index is 0.0289. The van der Waals surface area contributed by atoms with Gasteiger partial charge in [-0.15, -0.1) is 11.8 Å². The van der Waals surface area contributed by atoms with Gasteiger partial charge in [0.2, 0.25) is 5.91 Å². The number of nitrogens with zero attached hydrogens (tertiary/aromatic N) is 1. The average molecular weight is 348 g/mol. The summed E-state index contributed by atoms with van der Waals surface area (Å²) in [4.78, 5) is 29.5. The van der Waals surface area contributed by atoms with Gasteiger partial charge < -0.3 is 5.32 Å². The number of benzene rings is 1. The standard InChI is InChI=1S/C17H20N2O2S2/c1-10(2)22-14-7-5-13(6-8-14)9-15(21)19-17-18-11(3)16(23-17)12(4)20/h5-8,10H,9H2,1-4H3,(H,18,19,21). The summed E-state index contributed by atoms with van der Waals surface area (Å²) >= 11 is 3.01. The van der Waals surface area contributed by atoms with E-state index in [0.717, 1.165) is 5.56 Å². The van der Waals surface area contributed by atoms with Crippen LogP contribution in [-0.4, -0.2) is 21.9 Å². The third kappa shape index (κ3) is 5.18. The molecule has 0 unspecified atom stereocenters. The van der Waals surface area contributed by atoms with E-state index in [1.54, 1.807) is 18.7 Å². The topological polar surface area (TPSA) is 59.1 Å². The summed E-state index contributed by atoms with van der Waals surface area (Å²) in [5.74, 6) is -0.156. The SMILES string of the molecule is CC(=O)c1sc(NC(=O)Cc2ccc(SC(C)C)cc2)nc1C. The molecule has 23 heavy (non-hydrogen) atoms. The zero-order valence-corrected chi connectivity index (χ0v) is 15.3. The molecule has 1 heterocycles. The van der Waals surface area contributed by atoms with Crippen molar-refractivity contribution in [2.75, 3.05) is 5.32 Å². The van der Waals surface area contributed by atoms with Crippen LogP contribution in [0.25, 0.3) is 0 Å². The van der Waals surface area contributed by atoms with Gasteiger partial charge >= 0.3 is 0 Å². The summed E-state index contributed by atoms with van der Waals surface area (Å²) in [5, 5.41) is 3.78. The van der Waals surface area contributed by atoms with Gasteiger partial charge in [0.1, 0.15) is 0 Å². The van der Waals surface area contributed by atoms with Crippen LogP contribution in [0.4, 0.5) is 5.13 Å². The van der Waals surface area contributed by atoms with Crippen molar-refractivity contribution in [1.29, 1.82) is 0 Å². The highest BCUT2D eigenvalue weighted by molar-refractivity contribution is 7.99. The molecular weight excluding hydrogens is 328 g/mol. The Morgan fingerprint density at radius 2 is 1.91 bits per heavy atom. The van der Waals surface area contributed by atoms with E-state index in [-0.39, 0.29) is 11.7 Å². The van der Waals surface area contributed by atoms with Crippen LogP contribution >= 0.6 is 23.1 Å². The molecule has 0 fully saturated rings. The van der Waals surface area contributed by atoms with Crippen molar-refractivity contribution in [2.24, 2.45) is 0 Å². The van der Waals surface area contributed by atoms with Gasteiger partial charge in [-0.05, 0) is 24.6 Å². The van der Waals surface area contributed by atoms with Crippen molar-refractivity contribution < 1.29 is 9.59 Å². The average Bonchev–Trinajstić information content (AvgIpc) is 2.81. The highest BCUT2D eigenvalue weighted by Gasteiger charge is 2.13. The maximum atomic E-state index is 12.1. The Morgan fingerprint density at radius 1 is 1.26 bits per heavy atom. The predicted molar refractivity (Wildman–Crippen MR) is 96.6 cm³/mol. The van der Waals surface area contributed by atoms with Crippen molar-refractivity contribution >= 4 is 39.9 Å². The van der Waals surface area contributed by atoms with Gasteiger partial charge in [-0.25, -0.2) is 4.98 Å². The van der Waals surface area contributed by atoms with Gasteiger partial charge in [0.05, 0.1) is 17.0 Å². The lowest BCUT2D eigenvalue weighted by Gasteiger charge is -2.06. The van der Waals surface area contributed by atoms with Gasteiger partial charge in [-0.2, -0.15) is 0 Å². The summed E-state index contributed by atoms with van der Waals surface area (Å²) in [7, 11) is 0. The number of rotatable bonds is 6. The van der Waals surface area contributed by atoms with E-state index in [1.165, 1.54) is 23.2 Å². The third-order valence-electron chi connectivity index (χ3n) is 3.02. The summed E-state index contributed by atoms with van der Waals surface area (Å²) in [5.41, 5.74) is 1.61. The number of anilines is 1. The van der Waals surface area contributed by atoms with Crippen LogP contribution < -0.4 is 5.32 Å². The number of aromatic nitrogens is 1. The highest BCUT2D eigenvalue weighted by atomic mass is 32.2. The lowest BCUT2D eigenvalue weighted by molar-refractivity contribution is -0.115. The first kappa shape index (κ1) is 17.7. The number of thioether (sulfide) groups is 1. The van der Waals surface area contributed by atoms with Gasteiger partial charge in [0.15, 0.2) is 10.9 Å². The molecule has 1 aromatic heterocycles. The maximum absolute atomic E-state index is 12.1. The van der Waals surface area contributed by atoms with Crippen LogP contribution in [0.3, 0.4) is 0 Å². The molecule has 0 aliphatic heterocycles. The first-order valence-corrected chi connectivity index (χ1v) is 9.08. The van der Waals surface area contributed by atoms with Gasteiger partial charge in [0.25, 0.3) is 0 Å². The van der Waals surface area contributed by atoms with E-state index in [4.69, 9.17) is 0 Å². The van der Waals surface area contributed by atoms with Crippen molar-refractivity contribution in [3.8, 4) is 0 Å². The minimum Gasteiger partial charge on any atom is -0.302 e. The number of nitrogens with one attached hydrogen (secondary N) is 1. The maximum Gasteiger partial charge on any atom is 0.230 e. The van der Waals surface area contributed by atoms with Crippen molar-refractivity contribution in [3.63, 3.8) is 0 Å². The smallest absolute Gasteiger partial charge is 0.230 e. The molecule has 2 aromatic rings. The van der Waals surface area contributed by atoms with Crippen LogP contribution in [0.1, 0.15) is 41.7 Å². The molecule has 1 N–H and O–H groups in total. The van der Waals surface area contributed by atoms with Crippen LogP contribution in [0.5, 0.6) is 0 Å². The zero-order chi connectivity index (χ0) is 17.0. The van der Waals surface area contributed by atoms with Crippen LogP contribution in [-0.2, 0) is 11.2 Å². The molecule has 0 atom stereocenters. The molecule has 0 saturated carbocycles. The Hall–Kier alpha value is -1.66. The number of Topliss-reactive ketones (excluding diaryl/α,β-unsaturated/α-hetero) is 1. The van der Waals surface area contributed by atoms with Gasteiger partial charge in [-0.3, -0.25) is 9.59 Å². The molecule has 6 heteroatoms. The molecule has 0 spiro atoms. The number of hydrogen-bond donors (Lipinski definition) is 1. The van der Waals surface area contributed by atoms with E-state index < -0.39 is 0 Å². The number of amides is 1. The molecule has 0 saturated heterocycles. The second-order valence-electron chi connectivity index (χ2n) is 5.53. The molecular formula is C17H20N2O2S2. The number of ketones is 1. The monoisotopic (exact) mass is 348 g/mol. The molecule has 1 aromatic carbocycles. The van der Waals surface area contributed by atoms with Gasteiger partial charge in [-0.1, -0.05) is 37.3 Å². The fourth-order valence-corrected chi connectivity index (χ4v) is 3.80. The van der Waals surface area contributed by atoms with Crippen molar-refractivity contribution in [1.82, 2.24) is 4.98 Å². The lowest BCUT2D eigenvalue weighted by Crippen LogP contribution is -2.14. The number of carbonyl (C=O) groups excluding carboxylic acids is 2. The molecule has 122 valence electrons. The molecule has 0 radical (unpaired) electrons. The van der Waals surface area contributed by atoms with E-state index in [2.05, 4.69) is 24.1 Å². The van der Waals surface area contributed by atoms with Crippen LogP contribution in [0.2, 0.25) is 0 Å². The molecule has 4 nitrogen and oxygen atoms in total. The predicted octanol–water partition coefficient (Wildman–Crippen LogP) is 4.34. The summed E-state index contributed by atoms with van der Waals surface area (Å²) < 4.78 is 0. The first-order valence-electron chi connectivity index (χ1n) is 7.39. The molecule has 1 amide bonds. The fraction of sp³-hybridized carbons (Fsp3) is 0.353. The second-order valence-corrected chi connectivity index (χ2v) is 8.17. The van der Waals surface area contributed by atoms with E-state index in [0.29, 0.717) is 27.4 Å². The van der Waals surface area contributed by atoms with E-state index >= 15 is 0 Å². The zero-order valence-electron chi connectivity index (χ0n) is 13.7. The molecule has 0 bridgehead atoms. The summed E-state index contributed by atoms with van der Waals surface area (Å²) in [6.07, 6.45) is 0.292. The van der Waals surface area contributed by atoms with Crippen LogP contribution in [0.15, 0.2) is 29.2 Å². The highest BCUT2D eigenvalue weighted by Crippen LogP contribution is 2.24. The largest absolute Gasteiger partial charge is 0.302 e. The number of hydrogen-bond acceptors (Lipinski definition) is 5. The molecule has 2 rings (SSSR count). The lowest BCUT2D eigenvalue weighted by atomic mass is 10.1. The Kier molecular flexibility index (Phi) is 5.96. The Balaban J connectivity index is 1.96. The molecule has 0 aliphatic rings. The third-order valence-corrected chi connectivity index (χ3v) is 5.21. The summed E-state index contributed by atoms with van der Waals surface area (Å²) in [6.45, 7) is 7.57. The Bertz CT molecular complexity index is 706. The number of thiazole rings is 1.